The van der Waals surface area contributed by atoms with E-state index in [2.05, 4.69) is 25.9 Å². The van der Waals surface area contributed by atoms with Gasteiger partial charge in [0.05, 0.1) is 13.3 Å². The van der Waals surface area contributed by atoms with Crippen molar-refractivity contribution in [2.75, 3.05) is 7.11 Å². The Kier molecular flexibility index (Phi) is 7.92. The zero-order chi connectivity index (χ0) is 24.6. The van der Waals surface area contributed by atoms with Crippen LogP contribution in [0.2, 0.25) is 10.0 Å². The minimum Gasteiger partial charge on any atom is -0.493 e. The average molecular weight is 511 g/mol. The van der Waals surface area contributed by atoms with Crippen molar-refractivity contribution < 1.29 is 14.3 Å². The second kappa shape index (κ2) is 11.5. The Hall–Kier alpha value is -3.95. The maximum atomic E-state index is 12.2. The number of ether oxygens (including phenoxy) is 2. The predicted molar refractivity (Wildman–Crippen MR) is 133 cm³/mol. The zero-order valence-electron chi connectivity index (χ0n) is 18.6. The molecule has 0 spiro atoms. The van der Waals surface area contributed by atoms with Gasteiger partial charge in [-0.05, 0) is 41.1 Å². The number of benzene rings is 3. The first kappa shape index (κ1) is 24.2. The fourth-order valence-electron chi connectivity index (χ4n) is 3.03. The lowest BCUT2D eigenvalue weighted by Gasteiger charge is -2.12. The lowest BCUT2D eigenvalue weighted by atomic mass is 10.2. The van der Waals surface area contributed by atoms with Gasteiger partial charge in [0.15, 0.2) is 11.5 Å². The van der Waals surface area contributed by atoms with Gasteiger partial charge >= 0.3 is 0 Å². The van der Waals surface area contributed by atoms with E-state index in [1.165, 1.54) is 18.1 Å². The molecule has 0 aliphatic carbocycles. The van der Waals surface area contributed by atoms with Gasteiger partial charge in [-0.1, -0.05) is 59.6 Å². The molecule has 1 heterocycles. The summed E-state index contributed by atoms with van der Waals surface area (Å²) in [5, 5.41) is 17.1. The molecule has 3 aromatic carbocycles. The van der Waals surface area contributed by atoms with Crippen LogP contribution in [-0.4, -0.2) is 39.4 Å². The van der Waals surface area contributed by atoms with Crippen LogP contribution >= 0.6 is 23.2 Å². The molecule has 0 fully saturated rings. The lowest BCUT2D eigenvalue weighted by Crippen LogP contribution is -2.24. The molecule has 1 amide bonds. The van der Waals surface area contributed by atoms with E-state index in [0.29, 0.717) is 32.9 Å². The Balaban J connectivity index is 1.32. The van der Waals surface area contributed by atoms with Crippen molar-refractivity contribution in [2.24, 2.45) is 5.10 Å². The van der Waals surface area contributed by atoms with Gasteiger partial charge in [-0.2, -0.15) is 9.90 Å². The summed E-state index contributed by atoms with van der Waals surface area (Å²) in [6.07, 6.45) is 1.49. The fraction of sp³-hybridized carbons (Fsp3) is 0.125. The van der Waals surface area contributed by atoms with Crippen molar-refractivity contribution in [3.8, 4) is 22.9 Å². The van der Waals surface area contributed by atoms with Crippen molar-refractivity contribution in [1.29, 1.82) is 0 Å². The SMILES string of the molecule is COc1cc(/C=N/NC(=O)Cn2nnc(-c3ccccc3)n2)ccc1OCc1ccc(Cl)cc1Cl. The molecule has 11 heteroatoms. The number of hydrogen-bond acceptors (Lipinski definition) is 7. The van der Waals surface area contributed by atoms with Crippen LogP contribution in [-0.2, 0) is 17.9 Å². The first-order chi connectivity index (χ1) is 17.0. The number of nitrogens with one attached hydrogen (secondary N) is 1. The van der Waals surface area contributed by atoms with Gasteiger partial charge in [-0.3, -0.25) is 4.79 Å². The Morgan fingerprint density at radius 3 is 2.69 bits per heavy atom. The second-order valence-electron chi connectivity index (χ2n) is 7.24. The van der Waals surface area contributed by atoms with Crippen molar-refractivity contribution in [1.82, 2.24) is 25.6 Å². The second-order valence-corrected chi connectivity index (χ2v) is 8.08. The van der Waals surface area contributed by atoms with Gasteiger partial charge < -0.3 is 9.47 Å². The third-order valence-electron chi connectivity index (χ3n) is 4.76. The van der Waals surface area contributed by atoms with E-state index in [-0.39, 0.29) is 13.2 Å². The number of tetrazole rings is 1. The van der Waals surface area contributed by atoms with Crippen LogP contribution in [0.15, 0.2) is 71.8 Å². The molecule has 1 aromatic heterocycles. The number of rotatable bonds is 9. The highest BCUT2D eigenvalue weighted by atomic mass is 35.5. The van der Waals surface area contributed by atoms with E-state index < -0.39 is 5.91 Å². The van der Waals surface area contributed by atoms with Crippen LogP contribution in [0, 0.1) is 0 Å². The third-order valence-corrected chi connectivity index (χ3v) is 5.35. The molecule has 1 N–H and O–H groups in total. The maximum absolute atomic E-state index is 12.2. The molecule has 4 rings (SSSR count). The molecule has 4 aromatic rings. The van der Waals surface area contributed by atoms with Gasteiger partial charge in [0.1, 0.15) is 13.2 Å². The number of nitrogens with zero attached hydrogens (tertiary/aromatic N) is 5. The molecule has 178 valence electrons. The van der Waals surface area contributed by atoms with Crippen LogP contribution in [0.4, 0.5) is 0 Å². The minimum absolute atomic E-state index is 0.124. The van der Waals surface area contributed by atoms with Crippen molar-refractivity contribution in [3.05, 3.63) is 87.9 Å². The number of amides is 1. The van der Waals surface area contributed by atoms with Crippen molar-refractivity contribution >= 4 is 35.3 Å². The number of methoxy groups -OCH3 is 1. The molecule has 0 saturated heterocycles. The first-order valence-corrected chi connectivity index (χ1v) is 11.2. The zero-order valence-corrected chi connectivity index (χ0v) is 20.1. The molecule has 0 radical (unpaired) electrons. The summed E-state index contributed by atoms with van der Waals surface area (Å²) in [5.41, 5.74) is 4.75. The van der Waals surface area contributed by atoms with E-state index in [1.54, 1.807) is 36.4 Å². The van der Waals surface area contributed by atoms with Gasteiger partial charge in [0.25, 0.3) is 5.91 Å². The third kappa shape index (κ3) is 6.56. The molecule has 0 saturated carbocycles. The molecule has 9 nitrogen and oxygen atoms in total. The number of carbonyl (C=O) groups is 1. The maximum Gasteiger partial charge on any atom is 0.263 e. The first-order valence-electron chi connectivity index (χ1n) is 10.4. The largest absolute Gasteiger partial charge is 0.493 e. The number of carbonyl (C=O) groups excluding carboxylic acids is 1. The summed E-state index contributed by atoms with van der Waals surface area (Å²) in [6, 6.07) is 19.8. The molecular formula is C24H20Cl2N6O3. The Morgan fingerprint density at radius 2 is 1.91 bits per heavy atom. The van der Waals surface area contributed by atoms with Crippen LogP contribution < -0.4 is 14.9 Å². The Morgan fingerprint density at radius 1 is 1.09 bits per heavy atom. The molecule has 0 aliphatic rings. The van der Waals surface area contributed by atoms with Gasteiger partial charge in [0, 0.05) is 21.2 Å². The standard InChI is InChI=1S/C24H20Cl2N6O3/c1-34-22-11-16(7-10-21(22)35-15-18-8-9-19(25)12-20(18)26)13-27-28-23(33)14-32-30-24(29-31-32)17-5-3-2-4-6-17/h2-13H,14-15H2,1H3,(H,28,33)/b27-13+. The topological polar surface area (TPSA) is 104 Å². The summed E-state index contributed by atoms with van der Waals surface area (Å²) in [7, 11) is 1.54. The number of hydrazone groups is 1. The quantitative estimate of drug-likeness (QED) is 0.264. The van der Waals surface area contributed by atoms with Gasteiger partial charge in [-0.15, -0.1) is 10.2 Å². The van der Waals surface area contributed by atoms with Crippen LogP contribution in [0.5, 0.6) is 11.5 Å². The van der Waals surface area contributed by atoms with E-state index in [9.17, 15) is 4.79 Å². The van der Waals surface area contributed by atoms with Crippen LogP contribution in [0.25, 0.3) is 11.4 Å². The van der Waals surface area contributed by atoms with Gasteiger partial charge in [0.2, 0.25) is 5.82 Å². The summed E-state index contributed by atoms with van der Waals surface area (Å²) >= 11 is 12.1. The fourth-order valence-corrected chi connectivity index (χ4v) is 3.50. The van der Waals surface area contributed by atoms with Crippen molar-refractivity contribution in [2.45, 2.75) is 13.2 Å². The highest BCUT2D eigenvalue weighted by molar-refractivity contribution is 6.35. The van der Waals surface area contributed by atoms with Crippen LogP contribution in [0.1, 0.15) is 11.1 Å². The molecular weight excluding hydrogens is 491 g/mol. The van der Waals surface area contributed by atoms with Gasteiger partial charge in [-0.25, -0.2) is 5.43 Å². The Labute approximate surface area is 211 Å². The van der Waals surface area contributed by atoms with E-state index >= 15 is 0 Å². The highest BCUT2D eigenvalue weighted by Gasteiger charge is 2.10. The number of halogens is 2. The number of hydrogen-bond donors (Lipinski definition) is 1. The van der Waals surface area contributed by atoms with E-state index in [0.717, 1.165) is 11.1 Å². The molecule has 0 aliphatic heterocycles. The minimum atomic E-state index is -0.398. The molecule has 0 bridgehead atoms. The van der Waals surface area contributed by atoms with Crippen molar-refractivity contribution in [3.63, 3.8) is 0 Å². The summed E-state index contributed by atoms with van der Waals surface area (Å²) in [6.45, 7) is 0.124. The smallest absolute Gasteiger partial charge is 0.263 e. The normalized spacial score (nSPS) is 10.9. The summed E-state index contributed by atoms with van der Waals surface area (Å²) < 4.78 is 11.3. The number of aromatic nitrogens is 4. The molecule has 0 unspecified atom stereocenters. The monoisotopic (exact) mass is 510 g/mol. The van der Waals surface area contributed by atoms with E-state index in [1.807, 2.05) is 30.3 Å². The van der Waals surface area contributed by atoms with Crippen LogP contribution in [0.3, 0.4) is 0 Å². The Bertz CT molecular complexity index is 1340. The highest BCUT2D eigenvalue weighted by Crippen LogP contribution is 2.29. The molecule has 0 atom stereocenters. The average Bonchev–Trinajstić information content (AvgIpc) is 3.33. The summed E-state index contributed by atoms with van der Waals surface area (Å²) in [4.78, 5) is 13.4. The molecule has 35 heavy (non-hydrogen) atoms. The lowest BCUT2D eigenvalue weighted by molar-refractivity contribution is -0.122. The summed E-state index contributed by atoms with van der Waals surface area (Å²) in [5.74, 6) is 1.08. The predicted octanol–water partition coefficient (Wildman–Crippen LogP) is 4.38. The van der Waals surface area contributed by atoms with E-state index in [4.69, 9.17) is 32.7 Å².